The van der Waals surface area contributed by atoms with E-state index in [0.29, 0.717) is 39.6 Å². The number of carbonyl (C=O) groups excluding carboxylic acids is 1. The molecule has 11 heteroatoms. The van der Waals surface area contributed by atoms with Gasteiger partial charge in [-0.15, -0.1) is 0 Å². The van der Waals surface area contributed by atoms with Gasteiger partial charge in [0.2, 0.25) is 0 Å². The molecule has 0 spiro atoms. The zero-order chi connectivity index (χ0) is 24.2. The molecule has 1 fully saturated rings. The maximum absolute atomic E-state index is 13.2. The molecule has 0 bridgehead atoms. The lowest BCUT2D eigenvalue weighted by Gasteiger charge is -2.39. The van der Waals surface area contributed by atoms with Crippen molar-refractivity contribution in [3.05, 3.63) is 63.9 Å². The average molecular weight is 505 g/mol. The minimum Gasteiger partial charge on any atom is -0.497 e. The Morgan fingerprint density at radius 2 is 1.85 bits per heavy atom. The van der Waals surface area contributed by atoms with E-state index in [4.69, 9.17) is 32.5 Å². The van der Waals surface area contributed by atoms with Crippen LogP contribution in [0.3, 0.4) is 0 Å². The molecule has 34 heavy (non-hydrogen) atoms. The summed E-state index contributed by atoms with van der Waals surface area (Å²) >= 11 is 12.3. The number of carbonyl (C=O) groups is 2. The first-order valence-electron chi connectivity index (χ1n) is 10.5. The second-order valence-corrected chi connectivity index (χ2v) is 8.83. The number of aliphatic carboxylic acids is 1. The van der Waals surface area contributed by atoms with E-state index >= 15 is 0 Å². The van der Waals surface area contributed by atoms with Crippen LogP contribution < -0.4 is 4.74 Å². The molecule has 1 aliphatic heterocycles. The summed E-state index contributed by atoms with van der Waals surface area (Å²) < 4.78 is 10.5. The third kappa shape index (κ3) is 5.60. The molecule has 1 aliphatic rings. The normalized spacial score (nSPS) is 16.1. The molecule has 0 saturated carbocycles. The highest BCUT2D eigenvalue weighted by Crippen LogP contribution is 2.27. The summed E-state index contributed by atoms with van der Waals surface area (Å²) in [4.78, 5) is 32.1. The molecule has 178 valence electrons. The second kappa shape index (κ2) is 10.3. The molecular formula is C23H22Cl2N4O5. The van der Waals surface area contributed by atoms with Crippen molar-refractivity contribution in [2.75, 3.05) is 20.2 Å². The highest BCUT2D eigenvalue weighted by Gasteiger charge is 2.34. The van der Waals surface area contributed by atoms with Crippen molar-refractivity contribution in [2.45, 2.75) is 19.5 Å². The number of hydrogen-bond donors (Lipinski definition) is 1. The molecule has 2 heterocycles. The SMILES string of the molecule is COc1ccc(-c2nc(CN3CC(CC(=O)O)CN(Cc4ccc(Cl)cc4Cl)C3=O)no2)cc1. The number of halogens is 2. The molecular weight excluding hydrogens is 483 g/mol. The molecule has 1 unspecified atom stereocenters. The maximum atomic E-state index is 13.2. The summed E-state index contributed by atoms with van der Waals surface area (Å²) in [5, 5.41) is 14.3. The molecule has 0 radical (unpaired) electrons. The van der Waals surface area contributed by atoms with E-state index in [1.54, 1.807) is 54.5 Å². The van der Waals surface area contributed by atoms with Gasteiger partial charge in [0.25, 0.3) is 5.89 Å². The fraction of sp³-hybridized carbons (Fsp3) is 0.304. The largest absolute Gasteiger partial charge is 0.497 e. The Morgan fingerprint density at radius 3 is 2.50 bits per heavy atom. The van der Waals surface area contributed by atoms with E-state index in [1.807, 2.05) is 0 Å². The van der Waals surface area contributed by atoms with E-state index in [9.17, 15) is 14.7 Å². The van der Waals surface area contributed by atoms with Crippen molar-refractivity contribution >= 4 is 35.2 Å². The lowest BCUT2D eigenvalue weighted by molar-refractivity contribution is -0.138. The van der Waals surface area contributed by atoms with Crippen molar-refractivity contribution < 1.29 is 24.0 Å². The van der Waals surface area contributed by atoms with Gasteiger partial charge in [0.05, 0.1) is 20.1 Å². The van der Waals surface area contributed by atoms with Crippen LogP contribution in [0.1, 0.15) is 17.8 Å². The standard InChI is InChI=1S/C23H22Cl2N4O5/c1-33-18-6-3-15(4-7-18)22-26-20(27-34-22)13-29-11-14(8-21(30)31)10-28(23(29)32)12-16-2-5-17(24)9-19(16)25/h2-7,9,14H,8,10-13H2,1H3,(H,30,31). The fourth-order valence-corrected chi connectivity index (χ4v) is 4.34. The van der Waals surface area contributed by atoms with Crippen LogP contribution in [0.15, 0.2) is 47.0 Å². The summed E-state index contributed by atoms with van der Waals surface area (Å²) in [6.45, 7) is 0.872. The summed E-state index contributed by atoms with van der Waals surface area (Å²) in [6.07, 6.45) is -0.0715. The first kappa shape index (κ1) is 23.8. The fourth-order valence-electron chi connectivity index (χ4n) is 3.87. The second-order valence-electron chi connectivity index (χ2n) is 7.99. The van der Waals surface area contributed by atoms with Gasteiger partial charge in [-0.3, -0.25) is 4.79 Å². The number of hydrogen-bond acceptors (Lipinski definition) is 6. The number of methoxy groups -OCH3 is 1. The first-order valence-corrected chi connectivity index (χ1v) is 11.2. The Hall–Kier alpha value is -3.30. The van der Waals surface area contributed by atoms with Crippen molar-refractivity contribution in [3.8, 4) is 17.2 Å². The number of rotatable bonds is 8. The van der Waals surface area contributed by atoms with Crippen molar-refractivity contribution in [1.82, 2.24) is 19.9 Å². The van der Waals surface area contributed by atoms with Gasteiger partial charge in [0, 0.05) is 41.2 Å². The monoisotopic (exact) mass is 504 g/mol. The van der Waals surface area contributed by atoms with Gasteiger partial charge in [-0.2, -0.15) is 4.98 Å². The molecule has 4 rings (SSSR count). The third-order valence-electron chi connectivity index (χ3n) is 5.48. The quantitative estimate of drug-likeness (QED) is 0.477. The van der Waals surface area contributed by atoms with E-state index in [2.05, 4.69) is 10.1 Å². The minimum atomic E-state index is -0.926. The van der Waals surface area contributed by atoms with Crippen LogP contribution in [0.25, 0.3) is 11.5 Å². The average Bonchev–Trinajstić information content (AvgIpc) is 3.27. The lowest BCUT2D eigenvalue weighted by atomic mass is 10.0. The summed E-state index contributed by atoms with van der Waals surface area (Å²) in [5.74, 6) is 0.140. The smallest absolute Gasteiger partial charge is 0.320 e. The van der Waals surface area contributed by atoms with Gasteiger partial charge < -0.3 is 24.2 Å². The predicted octanol–water partition coefficient (Wildman–Crippen LogP) is 4.58. The van der Waals surface area contributed by atoms with Crippen molar-refractivity contribution in [2.24, 2.45) is 5.92 Å². The van der Waals surface area contributed by atoms with Crippen LogP contribution in [0.5, 0.6) is 5.75 Å². The number of nitrogens with zero attached hydrogens (tertiary/aromatic N) is 4. The maximum Gasteiger partial charge on any atom is 0.320 e. The van der Waals surface area contributed by atoms with Crippen LogP contribution in [-0.4, -0.2) is 57.2 Å². The lowest BCUT2D eigenvalue weighted by Crippen LogP contribution is -2.53. The van der Waals surface area contributed by atoms with Gasteiger partial charge in [-0.25, -0.2) is 4.79 Å². The van der Waals surface area contributed by atoms with Gasteiger partial charge in [-0.1, -0.05) is 34.4 Å². The Kier molecular flexibility index (Phi) is 7.23. The third-order valence-corrected chi connectivity index (χ3v) is 6.06. The van der Waals surface area contributed by atoms with Crippen LogP contribution in [-0.2, 0) is 17.9 Å². The van der Waals surface area contributed by atoms with E-state index in [-0.39, 0.29) is 38.0 Å². The van der Waals surface area contributed by atoms with Gasteiger partial charge in [0.1, 0.15) is 5.75 Å². The van der Waals surface area contributed by atoms with E-state index in [1.165, 1.54) is 4.90 Å². The summed E-state index contributed by atoms with van der Waals surface area (Å²) in [7, 11) is 1.58. The van der Waals surface area contributed by atoms with Crippen molar-refractivity contribution in [3.63, 3.8) is 0 Å². The molecule has 1 saturated heterocycles. The van der Waals surface area contributed by atoms with Crippen molar-refractivity contribution in [1.29, 1.82) is 0 Å². The molecule has 2 aromatic carbocycles. The summed E-state index contributed by atoms with van der Waals surface area (Å²) in [5.41, 5.74) is 1.43. The Balaban J connectivity index is 1.51. The predicted molar refractivity (Wildman–Crippen MR) is 125 cm³/mol. The highest BCUT2D eigenvalue weighted by molar-refractivity contribution is 6.35. The van der Waals surface area contributed by atoms with E-state index < -0.39 is 5.97 Å². The Labute approximate surface area is 205 Å². The molecule has 1 atom stereocenters. The summed E-state index contributed by atoms with van der Waals surface area (Å²) in [6, 6.07) is 12.0. The molecule has 9 nitrogen and oxygen atoms in total. The molecule has 3 aromatic rings. The van der Waals surface area contributed by atoms with Gasteiger partial charge >= 0.3 is 12.0 Å². The first-order chi connectivity index (χ1) is 16.3. The Bertz CT molecular complexity index is 1180. The topological polar surface area (TPSA) is 109 Å². The van der Waals surface area contributed by atoms with Gasteiger partial charge in [-0.05, 0) is 42.0 Å². The number of carboxylic acids is 1. The van der Waals surface area contributed by atoms with Crippen LogP contribution in [0, 0.1) is 5.92 Å². The van der Waals surface area contributed by atoms with Crippen LogP contribution in [0.2, 0.25) is 10.0 Å². The molecule has 2 amide bonds. The molecule has 1 aromatic heterocycles. The van der Waals surface area contributed by atoms with E-state index in [0.717, 1.165) is 5.56 Å². The number of urea groups is 1. The molecule has 0 aliphatic carbocycles. The van der Waals surface area contributed by atoms with Gasteiger partial charge in [0.15, 0.2) is 5.82 Å². The van der Waals surface area contributed by atoms with Crippen LogP contribution in [0.4, 0.5) is 4.79 Å². The number of benzene rings is 2. The number of amides is 2. The Morgan fingerprint density at radius 1 is 1.15 bits per heavy atom. The van der Waals surface area contributed by atoms with Crippen LogP contribution >= 0.6 is 23.2 Å². The number of ether oxygens (including phenoxy) is 1. The number of aromatic nitrogens is 2. The number of carboxylic acid groups (broad SMARTS) is 1. The zero-order valence-electron chi connectivity index (χ0n) is 18.3. The highest BCUT2D eigenvalue weighted by atomic mass is 35.5. The minimum absolute atomic E-state index is 0.0715. The zero-order valence-corrected chi connectivity index (χ0v) is 19.8. The molecule has 1 N–H and O–H groups in total.